The number of nitriles is 1. The smallest absolute Gasteiger partial charge is 0.122 e. The molecule has 0 bridgehead atoms. The predicted octanol–water partition coefficient (Wildman–Crippen LogP) is 3.69. The first-order valence-electron chi connectivity index (χ1n) is 7.06. The van der Waals surface area contributed by atoms with Gasteiger partial charge in [-0.1, -0.05) is 24.3 Å². The SMILES string of the molecule is N#Cc1ccc2ccn(CC3COc4ccccc43)c2c1. The van der Waals surface area contributed by atoms with Gasteiger partial charge in [0.2, 0.25) is 0 Å². The molecule has 1 aliphatic heterocycles. The van der Waals surface area contributed by atoms with Crippen molar-refractivity contribution in [3.63, 3.8) is 0 Å². The number of hydrogen-bond donors (Lipinski definition) is 0. The van der Waals surface area contributed by atoms with Gasteiger partial charge >= 0.3 is 0 Å². The predicted molar refractivity (Wildman–Crippen MR) is 81.3 cm³/mol. The Labute approximate surface area is 123 Å². The Morgan fingerprint density at radius 1 is 1.19 bits per heavy atom. The third-order valence-corrected chi connectivity index (χ3v) is 4.12. The molecule has 4 rings (SSSR count). The summed E-state index contributed by atoms with van der Waals surface area (Å²) in [6.07, 6.45) is 2.09. The van der Waals surface area contributed by atoms with Crippen molar-refractivity contribution in [3.8, 4) is 11.8 Å². The Morgan fingerprint density at radius 2 is 2.10 bits per heavy atom. The van der Waals surface area contributed by atoms with Gasteiger partial charge in [0.05, 0.1) is 18.2 Å². The van der Waals surface area contributed by atoms with Crippen LogP contribution >= 0.6 is 0 Å². The first kappa shape index (κ1) is 12.0. The van der Waals surface area contributed by atoms with Crippen LogP contribution in [-0.2, 0) is 6.54 Å². The van der Waals surface area contributed by atoms with Crippen molar-refractivity contribution >= 4 is 10.9 Å². The van der Waals surface area contributed by atoms with E-state index in [1.165, 1.54) is 10.9 Å². The molecule has 0 radical (unpaired) electrons. The van der Waals surface area contributed by atoms with E-state index in [4.69, 9.17) is 10.00 Å². The molecule has 3 aromatic rings. The number of para-hydroxylation sites is 1. The first-order valence-corrected chi connectivity index (χ1v) is 7.06. The number of hydrogen-bond acceptors (Lipinski definition) is 2. The molecule has 21 heavy (non-hydrogen) atoms. The van der Waals surface area contributed by atoms with Gasteiger partial charge in [0, 0.05) is 29.7 Å². The summed E-state index contributed by atoms with van der Waals surface area (Å²) in [6, 6.07) is 18.3. The second-order valence-electron chi connectivity index (χ2n) is 5.40. The average Bonchev–Trinajstić information content (AvgIpc) is 3.12. The number of benzene rings is 2. The van der Waals surface area contributed by atoms with Crippen molar-refractivity contribution in [1.29, 1.82) is 5.26 Å². The average molecular weight is 274 g/mol. The summed E-state index contributed by atoms with van der Waals surface area (Å²) in [5.74, 6) is 1.36. The maximum Gasteiger partial charge on any atom is 0.122 e. The summed E-state index contributed by atoms with van der Waals surface area (Å²) < 4.78 is 7.97. The van der Waals surface area contributed by atoms with E-state index in [1.807, 2.05) is 30.3 Å². The molecule has 0 N–H and O–H groups in total. The zero-order chi connectivity index (χ0) is 14.2. The standard InChI is InChI=1S/C18H14N2O/c19-10-13-5-6-14-7-8-20(17(14)9-13)11-15-12-21-18-4-2-1-3-16(15)18/h1-9,15H,11-12H2. The van der Waals surface area contributed by atoms with Crippen LogP contribution in [0.5, 0.6) is 5.75 Å². The van der Waals surface area contributed by atoms with E-state index in [0.717, 1.165) is 24.4 Å². The van der Waals surface area contributed by atoms with Gasteiger partial charge in [-0.15, -0.1) is 0 Å². The molecule has 0 fully saturated rings. The molecule has 1 aromatic heterocycles. The Bertz CT molecular complexity index is 857. The van der Waals surface area contributed by atoms with Crippen LogP contribution in [-0.4, -0.2) is 11.2 Å². The van der Waals surface area contributed by atoms with Crippen LogP contribution in [0.15, 0.2) is 54.7 Å². The lowest BCUT2D eigenvalue weighted by molar-refractivity contribution is 0.320. The van der Waals surface area contributed by atoms with Crippen LogP contribution in [0, 0.1) is 11.3 Å². The molecule has 1 unspecified atom stereocenters. The van der Waals surface area contributed by atoms with Crippen molar-refractivity contribution in [3.05, 3.63) is 65.9 Å². The minimum Gasteiger partial charge on any atom is -0.493 e. The molecule has 2 heterocycles. The highest BCUT2D eigenvalue weighted by atomic mass is 16.5. The van der Waals surface area contributed by atoms with E-state index in [0.29, 0.717) is 11.5 Å². The third-order valence-electron chi connectivity index (χ3n) is 4.12. The number of ether oxygens (including phenoxy) is 1. The van der Waals surface area contributed by atoms with E-state index in [2.05, 4.69) is 35.0 Å². The minimum atomic E-state index is 0.363. The van der Waals surface area contributed by atoms with E-state index >= 15 is 0 Å². The molecular weight excluding hydrogens is 260 g/mol. The lowest BCUT2D eigenvalue weighted by Crippen LogP contribution is -2.09. The summed E-state index contributed by atoms with van der Waals surface area (Å²) in [5.41, 5.74) is 3.08. The zero-order valence-electron chi connectivity index (χ0n) is 11.5. The fraction of sp³-hybridized carbons (Fsp3) is 0.167. The molecular formula is C18H14N2O. The second-order valence-corrected chi connectivity index (χ2v) is 5.40. The van der Waals surface area contributed by atoms with Gasteiger partial charge in [-0.2, -0.15) is 5.26 Å². The maximum atomic E-state index is 9.06. The second kappa shape index (κ2) is 4.68. The van der Waals surface area contributed by atoms with E-state index in [1.54, 1.807) is 0 Å². The third kappa shape index (κ3) is 1.96. The molecule has 3 nitrogen and oxygen atoms in total. The molecule has 1 atom stereocenters. The van der Waals surface area contributed by atoms with Crippen LogP contribution < -0.4 is 4.74 Å². The number of rotatable bonds is 2. The summed E-state index contributed by atoms with van der Waals surface area (Å²) in [7, 11) is 0. The van der Waals surface area contributed by atoms with Crippen molar-refractivity contribution in [2.45, 2.75) is 12.5 Å². The quantitative estimate of drug-likeness (QED) is 0.714. The first-order chi connectivity index (χ1) is 10.3. The van der Waals surface area contributed by atoms with Crippen molar-refractivity contribution < 1.29 is 4.74 Å². The van der Waals surface area contributed by atoms with Gasteiger partial charge in [-0.05, 0) is 29.7 Å². The van der Waals surface area contributed by atoms with Crippen LogP contribution in [0.1, 0.15) is 17.0 Å². The number of nitrogens with zero attached hydrogens (tertiary/aromatic N) is 2. The zero-order valence-corrected chi connectivity index (χ0v) is 11.5. The van der Waals surface area contributed by atoms with Crippen molar-refractivity contribution in [1.82, 2.24) is 4.57 Å². The summed E-state index contributed by atoms with van der Waals surface area (Å²) in [6.45, 7) is 1.59. The number of aromatic nitrogens is 1. The van der Waals surface area contributed by atoms with Gasteiger partial charge in [0.15, 0.2) is 0 Å². The fourth-order valence-corrected chi connectivity index (χ4v) is 3.03. The fourth-order valence-electron chi connectivity index (χ4n) is 3.03. The molecule has 102 valence electrons. The Hall–Kier alpha value is -2.73. The normalized spacial score (nSPS) is 16.4. The molecule has 0 amide bonds. The maximum absolute atomic E-state index is 9.06. The molecule has 2 aromatic carbocycles. The lowest BCUT2D eigenvalue weighted by Gasteiger charge is -2.11. The van der Waals surface area contributed by atoms with Gasteiger partial charge in [-0.3, -0.25) is 0 Å². The molecule has 3 heteroatoms. The van der Waals surface area contributed by atoms with E-state index < -0.39 is 0 Å². The minimum absolute atomic E-state index is 0.363. The lowest BCUT2D eigenvalue weighted by atomic mass is 10.0. The summed E-state index contributed by atoms with van der Waals surface area (Å²) in [4.78, 5) is 0. The van der Waals surface area contributed by atoms with Crippen LogP contribution in [0.25, 0.3) is 10.9 Å². The highest BCUT2D eigenvalue weighted by molar-refractivity contribution is 5.81. The molecule has 1 aliphatic rings. The van der Waals surface area contributed by atoms with Crippen LogP contribution in [0.3, 0.4) is 0 Å². The topological polar surface area (TPSA) is 38.0 Å². The molecule has 0 spiro atoms. The molecule has 0 saturated carbocycles. The highest BCUT2D eigenvalue weighted by Crippen LogP contribution is 2.35. The van der Waals surface area contributed by atoms with Crippen molar-refractivity contribution in [2.75, 3.05) is 6.61 Å². The van der Waals surface area contributed by atoms with E-state index in [-0.39, 0.29) is 0 Å². The van der Waals surface area contributed by atoms with Crippen LogP contribution in [0.4, 0.5) is 0 Å². The highest BCUT2D eigenvalue weighted by Gasteiger charge is 2.24. The van der Waals surface area contributed by atoms with E-state index in [9.17, 15) is 0 Å². The Balaban J connectivity index is 1.71. The van der Waals surface area contributed by atoms with Gasteiger partial charge < -0.3 is 9.30 Å². The molecule has 0 aliphatic carbocycles. The van der Waals surface area contributed by atoms with Gasteiger partial charge in [0.25, 0.3) is 0 Å². The van der Waals surface area contributed by atoms with Gasteiger partial charge in [0.1, 0.15) is 5.75 Å². The summed E-state index contributed by atoms with van der Waals surface area (Å²) >= 11 is 0. The largest absolute Gasteiger partial charge is 0.493 e. The Morgan fingerprint density at radius 3 is 3.00 bits per heavy atom. The Kier molecular flexibility index (Phi) is 2.68. The summed E-state index contributed by atoms with van der Waals surface area (Å²) in [5, 5.41) is 10.2. The van der Waals surface area contributed by atoms with Crippen molar-refractivity contribution in [2.24, 2.45) is 0 Å². The number of fused-ring (bicyclic) bond motifs is 2. The molecule has 0 saturated heterocycles. The van der Waals surface area contributed by atoms with Crippen LogP contribution in [0.2, 0.25) is 0 Å². The van der Waals surface area contributed by atoms with Gasteiger partial charge in [-0.25, -0.2) is 0 Å². The monoisotopic (exact) mass is 274 g/mol.